The van der Waals surface area contributed by atoms with Crippen molar-refractivity contribution >= 4 is 23.2 Å². The summed E-state index contributed by atoms with van der Waals surface area (Å²) in [7, 11) is 3.22. The number of carbonyl (C=O) groups is 1. The summed E-state index contributed by atoms with van der Waals surface area (Å²) in [6, 6.07) is 19.1. The van der Waals surface area contributed by atoms with E-state index < -0.39 is 0 Å². The van der Waals surface area contributed by atoms with Crippen molar-refractivity contribution in [3.63, 3.8) is 0 Å². The normalized spacial score (nSPS) is 14.1. The summed E-state index contributed by atoms with van der Waals surface area (Å²) in [4.78, 5) is 26.4. The smallest absolute Gasteiger partial charge is 0.241 e. The molecule has 1 N–H and O–H groups in total. The number of hydrogen-bond donors (Lipinski definition) is 1. The Kier molecular flexibility index (Phi) is 7.02. The maximum atomic E-state index is 13.0. The Labute approximate surface area is 231 Å². The van der Waals surface area contributed by atoms with Crippen molar-refractivity contribution in [1.29, 1.82) is 0 Å². The third kappa shape index (κ3) is 5.06. The number of piperazine rings is 1. The monoisotopic (exact) mass is 539 g/mol. The lowest BCUT2D eigenvalue weighted by Gasteiger charge is -2.34. The summed E-state index contributed by atoms with van der Waals surface area (Å²) < 4.78 is 18.0. The van der Waals surface area contributed by atoms with Gasteiger partial charge in [0.05, 0.1) is 27.0 Å². The molecule has 0 saturated carbocycles. The number of carbonyl (C=O) groups excluding carboxylic acids is 1. The Morgan fingerprint density at radius 1 is 1.00 bits per heavy atom. The molecule has 204 valence electrons. The van der Waals surface area contributed by atoms with E-state index in [1.807, 2.05) is 59.5 Å². The molecule has 5 aromatic rings. The van der Waals surface area contributed by atoms with Gasteiger partial charge >= 0.3 is 0 Å². The molecule has 6 rings (SSSR count). The molecule has 1 aliphatic rings. The molecular weight excluding hydrogens is 510 g/mol. The molecule has 1 amide bonds. The van der Waals surface area contributed by atoms with E-state index in [4.69, 9.17) is 24.0 Å². The fourth-order valence-corrected chi connectivity index (χ4v) is 4.81. The summed E-state index contributed by atoms with van der Waals surface area (Å²) in [5.74, 6) is 2.93. The van der Waals surface area contributed by atoms with Crippen molar-refractivity contribution in [2.24, 2.45) is 0 Å². The highest BCUT2D eigenvalue weighted by atomic mass is 16.5. The molecular formula is C29H29N7O4. The fourth-order valence-electron chi connectivity index (χ4n) is 4.81. The highest BCUT2D eigenvalue weighted by Gasteiger charge is 2.26. The van der Waals surface area contributed by atoms with Crippen molar-refractivity contribution in [3.8, 4) is 23.1 Å². The zero-order valence-corrected chi connectivity index (χ0v) is 22.3. The topological polar surface area (TPSA) is 110 Å². The quantitative estimate of drug-likeness (QED) is 0.299. The molecule has 2 aromatic carbocycles. The minimum atomic E-state index is 0.0624. The number of methoxy groups -OCH3 is 2. The minimum absolute atomic E-state index is 0.0624. The van der Waals surface area contributed by atoms with Gasteiger partial charge in [-0.15, -0.1) is 5.10 Å². The van der Waals surface area contributed by atoms with Crippen LogP contribution in [0.25, 0.3) is 17.2 Å². The summed E-state index contributed by atoms with van der Waals surface area (Å²) in [5.41, 5.74) is 3.41. The SMILES string of the molecule is COc1ccc(CNc2ncc(CN3CCN(c4ccccc4)C(=O)C3)c3nc(-c4ccco4)nn23)cc1OC. The first-order chi connectivity index (χ1) is 19.6. The summed E-state index contributed by atoms with van der Waals surface area (Å²) in [6.45, 7) is 2.64. The van der Waals surface area contributed by atoms with Crippen LogP contribution in [0.5, 0.6) is 11.5 Å². The van der Waals surface area contributed by atoms with E-state index in [9.17, 15) is 4.79 Å². The first-order valence-corrected chi connectivity index (χ1v) is 12.9. The van der Waals surface area contributed by atoms with Gasteiger partial charge in [-0.25, -0.2) is 9.97 Å². The van der Waals surface area contributed by atoms with Crippen LogP contribution >= 0.6 is 0 Å². The molecule has 0 unspecified atom stereocenters. The number of ether oxygens (including phenoxy) is 2. The van der Waals surface area contributed by atoms with Gasteiger partial charge in [0.2, 0.25) is 17.7 Å². The van der Waals surface area contributed by atoms with E-state index in [0.717, 1.165) is 23.4 Å². The zero-order valence-electron chi connectivity index (χ0n) is 22.3. The number of rotatable bonds is 9. The van der Waals surface area contributed by atoms with Crippen molar-refractivity contribution in [2.45, 2.75) is 13.1 Å². The summed E-state index contributed by atoms with van der Waals surface area (Å²) >= 11 is 0. The van der Waals surface area contributed by atoms with Crippen LogP contribution in [0.4, 0.5) is 11.6 Å². The number of amides is 1. The number of aromatic nitrogens is 4. The van der Waals surface area contributed by atoms with Gasteiger partial charge in [0.15, 0.2) is 22.9 Å². The number of anilines is 2. The molecule has 0 atom stereocenters. The predicted molar refractivity (Wildman–Crippen MR) is 149 cm³/mol. The lowest BCUT2D eigenvalue weighted by molar-refractivity contribution is -0.121. The van der Waals surface area contributed by atoms with Crippen LogP contribution in [0.3, 0.4) is 0 Å². The van der Waals surface area contributed by atoms with Crippen molar-refractivity contribution < 1.29 is 18.7 Å². The molecule has 1 fully saturated rings. The molecule has 3 aromatic heterocycles. The molecule has 0 bridgehead atoms. The van der Waals surface area contributed by atoms with Gasteiger partial charge in [0, 0.05) is 43.6 Å². The van der Waals surface area contributed by atoms with Crippen LogP contribution in [-0.2, 0) is 17.9 Å². The fraction of sp³-hybridized carbons (Fsp3) is 0.241. The van der Waals surface area contributed by atoms with Gasteiger partial charge in [-0.2, -0.15) is 4.52 Å². The van der Waals surface area contributed by atoms with Crippen molar-refractivity contribution in [3.05, 3.63) is 84.3 Å². The minimum Gasteiger partial charge on any atom is -0.493 e. The molecule has 40 heavy (non-hydrogen) atoms. The number of nitrogens with one attached hydrogen (secondary N) is 1. The molecule has 0 spiro atoms. The van der Waals surface area contributed by atoms with E-state index in [-0.39, 0.29) is 5.91 Å². The molecule has 11 heteroatoms. The Bertz CT molecular complexity index is 1620. The Balaban J connectivity index is 1.25. The van der Waals surface area contributed by atoms with Gasteiger partial charge in [-0.05, 0) is 42.0 Å². The average molecular weight is 540 g/mol. The molecule has 0 aliphatic carbocycles. The van der Waals surface area contributed by atoms with Gasteiger partial charge in [0.25, 0.3) is 0 Å². The number of para-hydroxylation sites is 1. The second-order valence-corrected chi connectivity index (χ2v) is 9.39. The van der Waals surface area contributed by atoms with Gasteiger partial charge in [0.1, 0.15) is 0 Å². The van der Waals surface area contributed by atoms with E-state index in [1.54, 1.807) is 37.3 Å². The second-order valence-electron chi connectivity index (χ2n) is 9.39. The maximum Gasteiger partial charge on any atom is 0.241 e. The van der Waals surface area contributed by atoms with E-state index in [2.05, 4.69) is 15.2 Å². The Hall–Kier alpha value is -4.90. The van der Waals surface area contributed by atoms with Gasteiger partial charge in [-0.1, -0.05) is 24.3 Å². The lowest BCUT2D eigenvalue weighted by atomic mass is 10.2. The molecule has 1 aliphatic heterocycles. The van der Waals surface area contributed by atoms with Crippen molar-refractivity contribution in [2.75, 3.05) is 44.1 Å². The summed E-state index contributed by atoms with van der Waals surface area (Å²) in [5, 5.41) is 8.06. The largest absolute Gasteiger partial charge is 0.493 e. The average Bonchev–Trinajstić information content (AvgIpc) is 3.68. The van der Waals surface area contributed by atoms with Crippen LogP contribution in [0, 0.1) is 0 Å². The lowest BCUT2D eigenvalue weighted by Crippen LogP contribution is -2.50. The highest BCUT2D eigenvalue weighted by molar-refractivity contribution is 5.95. The van der Waals surface area contributed by atoms with Crippen LogP contribution < -0.4 is 19.7 Å². The second kappa shape index (κ2) is 11.1. The molecule has 1 saturated heterocycles. The van der Waals surface area contributed by atoms with Gasteiger partial charge < -0.3 is 24.1 Å². The number of nitrogens with zero attached hydrogens (tertiary/aromatic N) is 6. The maximum absolute atomic E-state index is 13.0. The molecule has 11 nitrogen and oxygen atoms in total. The number of benzene rings is 2. The van der Waals surface area contributed by atoms with E-state index >= 15 is 0 Å². The zero-order chi connectivity index (χ0) is 27.5. The standard InChI is InChI=1S/C29H29N7O4/c1-38-23-11-10-20(15-25(23)39-2)16-30-29-31-17-21(28-32-27(33-36(28)29)24-9-6-14-40-24)18-34-12-13-35(26(37)19-34)22-7-4-3-5-8-22/h3-11,14-15,17H,12-13,16,18-19H2,1-2H3,(H,30,31). The highest BCUT2D eigenvalue weighted by Crippen LogP contribution is 2.28. The van der Waals surface area contributed by atoms with Crippen molar-refractivity contribution in [1.82, 2.24) is 24.5 Å². The Morgan fingerprint density at radius 3 is 2.60 bits per heavy atom. The van der Waals surface area contributed by atoms with Crippen LogP contribution in [0.2, 0.25) is 0 Å². The number of hydrogen-bond acceptors (Lipinski definition) is 9. The number of furan rings is 1. The third-order valence-electron chi connectivity index (χ3n) is 6.84. The third-order valence-corrected chi connectivity index (χ3v) is 6.84. The molecule has 0 radical (unpaired) electrons. The first-order valence-electron chi connectivity index (χ1n) is 12.9. The van der Waals surface area contributed by atoms with Crippen LogP contribution in [0.1, 0.15) is 11.1 Å². The van der Waals surface area contributed by atoms with Gasteiger partial charge in [-0.3, -0.25) is 9.69 Å². The Morgan fingerprint density at radius 2 is 1.85 bits per heavy atom. The first kappa shape index (κ1) is 25.4. The van der Waals surface area contributed by atoms with E-state index in [1.165, 1.54) is 0 Å². The molecule has 4 heterocycles. The van der Waals surface area contributed by atoms with E-state index in [0.29, 0.717) is 60.9 Å². The summed E-state index contributed by atoms with van der Waals surface area (Å²) in [6.07, 6.45) is 3.38. The predicted octanol–water partition coefficient (Wildman–Crippen LogP) is 3.86. The van der Waals surface area contributed by atoms with Crippen LogP contribution in [0.15, 0.2) is 77.5 Å². The van der Waals surface area contributed by atoms with Crippen LogP contribution in [-0.4, -0.2) is 64.2 Å². The number of fused-ring (bicyclic) bond motifs is 1.